The first-order valence-corrected chi connectivity index (χ1v) is 8.59. The van der Waals surface area contributed by atoms with Crippen molar-refractivity contribution in [3.05, 3.63) is 45.1 Å². The number of fused-ring (bicyclic) bond motifs is 1. The van der Waals surface area contributed by atoms with Gasteiger partial charge in [-0.1, -0.05) is 42.1 Å². The third kappa shape index (κ3) is 3.15. The van der Waals surface area contributed by atoms with Crippen molar-refractivity contribution in [2.45, 2.75) is 38.5 Å². The van der Waals surface area contributed by atoms with Crippen LogP contribution in [0.1, 0.15) is 42.5 Å². The maximum absolute atomic E-state index is 9.61. The summed E-state index contributed by atoms with van der Waals surface area (Å²) in [5.74, 6) is 0.410. The molecule has 3 rings (SSSR count). The number of pyridine rings is 1. The third-order valence-corrected chi connectivity index (χ3v) is 4.93. The summed E-state index contributed by atoms with van der Waals surface area (Å²) in [7, 11) is 0. The highest BCUT2D eigenvalue weighted by Gasteiger charge is 2.24. The number of hydrogen-bond donors (Lipinski definition) is 1. The molecule has 0 atom stereocenters. The first kappa shape index (κ1) is 16.1. The maximum atomic E-state index is 9.61. The zero-order valence-corrected chi connectivity index (χ0v) is 14.3. The normalized spacial score (nSPS) is 14.5. The summed E-state index contributed by atoms with van der Waals surface area (Å²) in [6.45, 7) is 0. The second-order valence-electron chi connectivity index (χ2n) is 5.90. The van der Waals surface area contributed by atoms with E-state index >= 15 is 0 Å². The molecule has 1 aliphatic carbocycles. The molecule has 0 saturated carbocycles. The lowest BCUT2D eigenvalue weighted by Crippen LogP contribution is -2.23. The molecular formula is C18H18Cl2N3+. The molecule has 1 aromatic carbocycles. The first-order chi connectivity index (χ1) is 11.1. The Bertz CT molecular complexity index is 794. The van der Waals surface area contributed by atoms with Crippen LogP contribution in [0.5, 0.6) is 0 Å². The molecule has 1 heterocycles. The second kappa shape index (κ2) is 6.78. The van der Waals surface area contributed by atoms with Gasteiger partial charge in [0.15, 0.2) is 0 Å². The lowest BCUT2D eigenvalue weighted by atomic mass is 9.88. The van der Waals surface area contributed by atoms with Crippen molar-refractivity contribution in [3.63, 3.8) is 0 Å². The predicted molar refractivity (Wildman–Crippen MR) is 93.5 cm³/mol. The Morgan fingerprint density at radius 2 is 1.83 bits per heavy atom. The molecule has 0 aliphatic heterocycles. The van der Waals surface area contributed by atoms with E-state index in [1.807, 2.05) is 6.07 Å². The van der Waals surface area contributed by atoms with Crippen molar-refractivity contribution in [3.8, 4) is 17.2 Å². The fourth-order valence-electron chi connectivity index (χ4n) is 3.29. The van der Waals surface area contributed by atoms with Crippen LogP contribution in [0.3, 0.4) is 0 Å². The van der Waals surface area contributed by atoms with Crippen LogP contribution in [0.4, 0.5) is 5.82 Å². The van der Waals surface area contributed by atoms with Gasteiger partial charge in [0.2, 0.25) is 0 Å². The molecule has 3 nitrogen and oxygen atoms in total. The summed E-state index contributed by atoms with van der Waals surface area (Å²) in [5.41, 5.74) is 10.6. The molecule has 5 heteroatoms. The lowest BCUT2D eigenvalue weighted by Gasteiger charge is -2.18. The quantitative estimate of drug-likeness (QED) is 0.820. The highest BCUT2D eigenvalue weighted by Crippen LogP contribution is 2.38. The van der Waals surface area contributed by atoms with Gasteiger partial charge < -0.3 is 0 Å². The molecule has 1 aromatic heterocycles. The number of nitrogens with zero attached hydrogens (tertiary/aromatic N) is 1. The summed E-state index contributed by atoms with van der Waals surface area (Å²) in [6, 6.07) is 7.62. The fraction of sp³-hybridized carbons (Fsp3) is 0.333. The molecule has 0 spiro atoms. The van der Waals surface area contributed by atoms with Crippen LogP contribution in [-0.2, 0) is 12.8 Å². The van der Waals surface area contributed by atoms with E-state index < -0.39 is 0 Å². The van der Waals surface area contributed by atoms with Crippen molar-refractivity contribution >= 4 is 29.0 Å². The number of rotatable bonds is 1. The standard InChI is InChI=1S/C18H17Cl2N3/c19-11-7-8-12(15(20)9-11)17-13-5-3-1-2-4-6-16(13)23-18(22)14(17)10-21/h7-9H,1-6H2,(H2,22,23)/p+1. The van der Waals surface area contributed by atoms with Gasteiger partial charge in [-0.2, -0.15) is 5.26 Å². The van der Waals surface area contributed by atoms with E-state index in [1.165, 1.54) is 18.4 Å². The first-order valence-electron chi connectivity index (χ1n) is 7.84. The molecule has 0 bridgehead atoms. The molecule has 0 unspecified atom stereocenters. The van der Waals surface area contributed by atoms with Gasteiger partial charge in [0.25, 0.3) is 5.82 Å². The van der Waals surface area contributed by atoms with Gasteiger partial charge in [-0.3, -0.25) is 5.73 Å². The van der Waals surface area contributed by atoms with Gasteiger partial charge in [-0.05, 0) is 31.4 Å². The minimum absolute atomic E-state index is 0.410. The van der Waals surface area contributed by atoms with E-state index in [1.54, 1.807) is 12.1 Å². The van der Waals surface area contributed by atoms with E-state index in [0.717, 1.165) is 42.5 Å². The van der Waals surface area contributed by atoms with Crippen LogP contribution in [-0.4, -0.2) is 0 Å². The van der Waals surface area contributed by atoms with Crippen LogP contribution >= 0.6 is 23.2 Å². The van der Waals surface area contributed by atoms with E-state index in [2.05, 4.69) is 11.1 Å². The SMILES string of the molecule is N#Cc1c(N)[nH+]c2c(c1-c1ccc(Cl)cc1Cl)CCCCCC2. The molecule has 0 fully saturated rings. The fourth-order valence-corrected chi connectivity index (χ4v) is 3.79. The molecule has 23 heavy (non-hydrogen) atoms. The maximum Gasteiger partial charge on any atom is 0.289 e. The Morgan fingerprint density at radius 1 is 1.09 bits per heavy atom. The minimum Gasteiger partial charge on any atom is -0.286 e. The number of nitrogens with one attached hydrogen (secondary N) is 1. The molecular weight excluding hydrogens is 329 g/mol. The highest BCUT2D eigenvalue weighted by molar-refractivity contribution is 6.36. The number of halogens is 2. The zero-order chi connectivity index (χ0) is 16.4. The third-order valence-electron chi connectivity index (χ3n) is 4.39. The number of H-pyrrole nitrogens is 1. The monoisotopic (exact) mass is 346 g/mol. The van der Waals surface area contributed by atoms with E-state index in [4.69, 9.17) is 28.9 Å². The Labute approximate surface area is 146 Å². The Kier molecular flexibility index (Phi) is 4.75. The van der Waals surface area contributed by atoms with Crippen LogP contribution < -0.4 is 10.7 Å². The number of benzene rings is 1. The van der Waals surface area contributed by atoms with Gasteiger partial charge in [0.1, 0.15) is 17.3 Å². The van der Waals surface area contributed by atoms with Gasteiger partial charge in [-0.15, -0.1) is 0 Å². The summed E-state index contributed by atoms with van der Waals surface area (Å²) < 4.78 is 0. The summed E-state index contributed by atoms with van der Waals surface area (Å²) >= 11 is 12.4. The molecule has 118 valence electrons. The number of anilines is 1. The lowest BCUT2D eigenvalue weighted by molar-refractivity contribution is -0.374. The number of nitrogens with two attached hydrogens (primary N) is 1. The minimum atomic E-state index is 0.410. The van der Waals surface area contributed by atoms with Crippen LogP contribution in [0.2, 0.25) is 10.0 Å². The van der Waals surface area contributed by atoms with Crippen molar-refractivity contribution in [2.24, 2.45) is 0 Å². The Hall–Kier alpha value is -1.76. The van der Waals surface area contributed by atoms with Crippen LogP contribution in [0.25, 0.3) is 11.1 Å². The predicted octanol–water partition coefficient (Wildman–Crippen LogP) is 4.59. The van der Waals surface area contributed by atoms with Crippen LogP contribution in [0.15, 0.2) is 18.2 Å². The van der Waals surface area contributed by atoms with Crippen molar-refractivity contribution < 1.29 is 4.98 Å². The Balaban J connectivity index is 2.30. The average molecular weight is 347 g/mol. The molecule has 3 N–H and O–H groups in total. The van der Waals surface area contributed by atoms with Crippen molar-refractivity contribution in [2.75, 3.05) is 5.73 Å². The van der Waals surface area contributed by atoms with Gasteiger partial charge in [0.05, 0.1) is 0 Å². The number of aromatic nitrogens is 1. The van der Waals surface area contributed by atoms with E-state index in [9.17, 15) is 5.26 Å². The molecule has 0 amide bonds. The van der Waals surface area contributed by atoms with Gasteiger partial charge in [-0.25, -0.2) is 4.98 Å². The number of hydrogen-bond acceptors (Lipinski definition) is 2. The Morgan fingerprint density at radius 3 is 2.52 bits per heavy atom. The van der Waals surface area contributed by atoms with Crippen LogP contribution in [0, 0.1) is 11.3 Å². The summed E-state index contributed by atoms with van der Waals surface area (Å²) in [5, 5.41) is 10.7. The molecule has 0 saturated heterocycles. The van der Waals surface area contributed by atoms with Crippen molar-refractivity contribution in [1.29, 1.82) is 5.26 Å². The average Bonchev–Trinajstić information content (AvgIpc) is 2.48. The van der Waals surface area contributed by atoms with E-state index in [-0.39, 0.29) is 0 Å². The zero-order valence-electron chi connectivity index (χ0n) is 12.8. The molecule has 1 aliphatic rings. The summed E-state index contributed by atoms with van der Waals surface area (Å²) in [6.07, 6.45) is 6.54. The number of nitrogen functional groups attached to an aromatic ring is 1. The number of aryl methyl sites for hydroxylation is 1. The number of aromatic amines is 1. The highest BCUT2D eigenvalue weighted by atomic mass is 35.5. The van der Waals surface area contributed by atoms with Gasteiger partial charge in [0, 0.05) is 33.2 Å². The second-order valence-corrected chi connectivity index (χ2v) is 6.74. The number of nitriles is 1. The van der Waals surface area contributed by atoms with Gasteiger partial charge >= 0.3 is 0 Å². The topological polar surface area (TPSA) is 64.0 Å². The largest absolute Gasteiger partial charge is 0.289 e. The smallest absolute Gasteiger partial charge is 0.286 e. The molecule has 0 radical (unpaired) electrons. The molecule has 2 aromatic rings. The van der Waals surface area contributed by atoms with Crippen molar-refractivity contribution in [1.82, 2.24) is 0 Å². The van der Waals surface area contributed by atoms with E-state index in [0.29, 0.717) is 21.4 Å². The summed E-state index contributed by atoms with van der Waals surface area (Å²) in [4.78, 5) is 3.24.